The number of aromatic nitrogens is 1. The lowest BCUT2D eigenvalue weighted by molar-refractivity contribution is 0.660. The molecule has 0 bridgehead atoms. The van der Waals surface area contributed by atoms with Crippen molar-refractivity contribution >= 4 is 62.4 Å². The van der Waals surface area contributed by atoms with E-state index >= 15 is 0 Å². The highest BCUT2D eigenvalue weighted by Crippen LogP contribution is 2.52. The molecule has 256 valence electrons. The maximum Gasteiger partial charge on any atom is 0.181 e. The highest BCUT2D eigenvalue weighted by atomic mass is 32.2. The van der Waals surface area contributed by atoms with Gasteiger partial charge in [0, 0.05) is 31.7 Å². The lowest BCUT2D eigenvalue weighted by Crippen LogP contribution is -2.76. The number of hydrogen-bond donors (Lipinski definition) is 0. The second-order valence-corrected chi connectivity index (χ2v) is 20.1. The van der Waals surface area contributed by atoms with E-state index in [9.17, 15) is 0 Å². The summed E-state index contributed by atoms with van der Waals surface area (Å²) in [6.07, 6.45) is 0. The first-order valence-corrected chi connectivity index (χ1v) is 21.7. The third-order valence-electron chi connectivity index (χ3n) is 12.2. The number of nitrogens with zero attached hydrogens (tertiary/aromatic N) is 1. The maximum absolute atomic E-state index is 2.75. The van der Waals surface area contributed by atoms with Crippen LogP contribution in [0.1, 0.15) is 25.0 Å². The van der Waals surface area contributed by atoms with Gasteiger partial charge in [-0.15, -0.1) is 0 Å². The van der Waals surface area contributed by atoms with Crippen LogP contribution in [0.25, 0.3) is 49.7 Å². The molecule has 0 saturated carbocycles. The molecule has 8 aromatic carbocycles. The summed E-state index contributed by atoms with van der Waals surface area (Å²) in [6.45, 7) is 4.74. The normalized spacial score (nSPS) is 16.5. The van der Waals surface area contributed by atoms with Crippen molar-refractivity contribution in [1.82, 2.24) is 4.57 Å². The van der Waals surface area contributed by atoms with Crippen molar-refractivity contribution in [3.63, 3.8) is 0 Å². The van der Waals surface area contributed by atoms with Crippen molar-refractivity contribution < 1.29 is 0 Å². The lowest BCUT2D eigenvalue weighted by atomic mass is 9.82. The Morgan fingerprint density at radius 3 is 1.83 bits per heavy atom. The van der Waals surface area contributed by atoms with Crippen LogP contribution < -0.4 is 20.7 Å². The molecule has 0 spiro atoms. The molecule has 2 heterocycles. The Kier molecular flexibility index (Phi) is 6.92. The Hall–Kier alpha value is -5.87. The average Bonchev–Trinajstić information content (AvgIpc) is 3.69. The summed E-state index contributed by atoms with van der Waals surface area (Å²) in [6, 6.07) is 71.0. The molecule has 0 amide bonds. The van der Waals surface area contributed by atoms with Crippen LogP contribution in [0, 0.1) is 0 Å². The van der Waals surface area contributed by atoms with Gasteiger partial charge in [-0.1, -0.05) is 177 Å². The van der Waals surface area contributed by atoms with Crippen LogP contribution in [0.4, 0.5) is 0 Å². The third-order valence-corrected chi connectivity index (χ3v) is 18.5. The van der Waals surface area contributed by atoms with E-state index < -0.39 is 8.07 Å². The number of hydrogen-bond acceptors (Lipinski definition) is 1. The van der Waals surface area contributed by atoms with E-state index in [0.717, 1.165) is 0 Å². The van der Waals surface area contributed by atoms with Crippen LogP contribution in [0.15, 0.2) is 198 Å². The minimum atomic E-state index is -2.75. The molecule has 1 unspecified atom stereocenters. The fraction of sp³-hybridized carbons (Fsp3) is 0.0588. The predicted molar refractivity (Wildman–Crippen MR) is 232 cm³/mol. The monoisotopic (exact) mass is 723 g/mol. The van der Waals surface area contributed by atoms with Crippen molar-refractivity contribution in [3.8, 4) is 27.9 Å². The fourth-order valence-electron chi connectivity index (χ4n) is 9.75. The minimum absolute atomic E-state index is 0.0371. The molecular weight excluding hydrogens is 687 g/mol. The molecular formula is C51H37NSSi. The van der Waals surface area contributed by atoms with Gasteiger partial charge in [0.15, 0.2) is 8.07 Å². The van der Waals surface area contributed by atoms with E-state index in [0.29, 0.717) is 0 Å². The standard InChI is InChI=1S/C51H37NSSi/c1-51(2)42-21-9-6-19-41(42)50-38(20-14-22-43(50)51)34-27-32-49-47(33-34)53-46-25-12-13-26-48(46)54(49,36-15-4-3-5-16-36)37-30-28-35(29-31-37)52-44-23-10-7-17-39(44)40-18-8-11-24-45(40)52/h3-33H,1-2H3. The van der Waals surface area contributed by atoms with Gasteiger partial charge in [0.2, 0.25) is 0 Å². The Bertz CT molecular complexity index is 2890. The summed E-state index contributed by atoms with van der Waals surface area (Å²) >= 11 is 1.94. The lowest BCUT2D eigenvalue weighted by Gasteiger charge is -2.40. The summed E-state index contributed by atoms with van der Waals surface area (Å²) in [7, 11) is -2.75. The Labute approximate surface area is 321 Å². The number of para-hydroxylation sites is 2. The second-order valence-electron chi connectivity index (χ2n) is 15.2. The Balaban J connectivity index is 1.14. The van der Waals surface area contributed by atoms with Gasteiger partial charge in [-0.25, -0.2) is 0 Å². The van der Waals surface area contributed by atoms with Crippen LogP contribution in [-0.4, -0.2) is 12.6 Å². The number of rotatable bonds is 4. The highest BCUT2D eigenvalue weighted by molar-refractivity contribution is 8.00. The molecule has 0 radical (unpaired) electrons. The topological polar surface area (TPSA) is 4.93 Å². The molecule has 9 aromatic rings. The van der Waals surface area contributed by atoms with Crippen molar-refractivity contribution in [2.45, 2.75) is 29.1 Å². The number of benzene rings is 8. The van der Waals surface area contributed by atoms with E-state index in [2.05, 4.69) is 206 Å². The van der Waals surface area contributed by atoms with Gasteiger partial charge in [0.05, 0.1) is 11.0 Å². The smallest absolute Gasteiger partial charge is 0.181 e. The summed E-state index contributed by atoms with van der Waals surface area (Å²) in [5, 5.41) is 8.29. The number of fused-ring (bicyclic) bond motifs is 8. The van der Waals surface area contributed by atoms with Gasteiger partial charge in [0.1, 0.15) is 0 Å². The molecule has 0 fully saturated rings. The van der Waals surface area contributed by atoms with E-state index in [1.165, 1.54) is 91.4 Å². The average molecular weight is 724 g/mol. The van der Waals surface area contributed by atoms with E-state index in [4.69, 9.17) is 0 Å². The highest BCUT2D eigenvalue weighted by Gasteiger charge is 2.47. The van der Waals surface area contributed by atoms with Gasteiger partial charge in [-0.05, 0) is 90.5 Å². The van der Waals surface area contributed by atoms with Crippen LogP contribution in [0.5, 0.6) is 0 Å². The van der Waals surface area contributed by atoms with Gasteiger partial charge in [-0.3, -0.25) is 0 Å². The second kappa shape index (κ2) is 11.8. The van der Waals surface area contributed by atoms with Gasteiger partial charge in [-0.2, -0.15) is 0 Å². The molecule has 0 N–H and O–H groups in total. The Morgan fingerprint density at radius 1 is 0.463 bits per heavy atom. The largest absolute Gasteiger partial charge is 0.309 e. The van der Waals surface area contributed by atoms with E-state index in [-0.39, 0.29) is 5.41 Å². The van der Waals surface area contributed by atoms with Crippen LogP contribution in [0.3, 0.4) is 0 Å². The third kappa shape index (κ3) is 4.34. The maximum atomic E-state index is 2.50. The van der Waals surface area contributed by atoms with Gasteiger partial charge >= 0.3 is 0 Å². The SMILES string of the molecule is CC1(C)c2ccccc2-c2c(-c3ccc4c(c3)Sc3ccccc3[Si]4(c3ccccc3)c3ccc(-n4c5ccccc5c5ccccc54)cc3)cccc21. The zero-order valence-electron chi connectivity index (χ0n) is 30.3. The summed E-state index contributed by atoms with van der Waals surface area (Å²) < 4.78 is 2.42. The first-order valence-electron chi connectivity index (χ1n) is 18.9. The molecule has 1 aromatic heterocycles. The molecule has 54 heavy (non-hydrogen) atoms. The summed E-state index contributed by atoms with van der Waals surface area (Å²) in [4.78, 5) is 2.71. The first-order chi connectivity index (χ1) is 26.5. The zero-order valence-corrected chi connectivity index (χ0v) is 32.1. The fourth-order valence-corrected chi connectivity index (χ4v) is 16.7. The van der Waals surface area contributed by atoms with Crippen molar-refractivity contribution in [2.75, 3.05) is 0 Å². The summed E-state index contributed by atoms with van der Waals surface area (Å²) in [5.41, 5.74) is 11.8. The Morgan fingerprint density at radius 2 is 1.06 bits per heavy atom. The molecule has 1 atom stereocenters. The molecule has 1 nitrogen and oxygen atoms in total. The quantitative estimate of drug-likeness (QED) is 0.164. The van der Waals surface area contributed by atoms with Gasteiger partial charge in [0.25, 0.3) is 0 Å². The first kappa shape index (κ1) is 31.6. The molecule has 1 aliphatic carbocycles. The van der Waals surface area contributed by atoms with Crippen molar-refractivity contribution in [1.29, 1.82) is 0 Å². The summed E-state index contributed by atoms with van der Waals surface area (Å²) in [5.74, 6) is 0. The van der Waals surface area contributed by atoms with Crippen molar-refractivity contribution in [3.05, 3.63) is 199 Å². The van der Waals surface area contributed by atoms with Crippen LogP contribution in [0.2, 0.25) is 0 Å². The molecule has 3 heteroatoms. The van der Waals surface area contributed by atoms with Gasteiger partial charge < -0.3 is 4.57 Å². The van der Waals surface area contributed by atoms with Crippen LogP contribution in [-0.2, 0) is 5.41 Å². The minimum Gasteiger partial charge on any atom is -0.309 e. The molecule has 1 aliphatic heterocycles. The van der Waals surface area contributed by atoms with E-state index in [1.807, 2.05) is 11.8 Å². The molecule has 2 aliphatic rings. The predicted octanol–water partition coefficient (Wildman–Crippen LogP) is 10.6. The van der Waals surface area contributed by atoms with Crippen LogP contribution >= 0.6 is 11.8 Å². The molecule has 0 saturated heterocycles. The molecule has 11 rings (SSSR count). The zero-order chi connectivity index (χ0) is 36.0. The van der Waals surface area contributed by atoms with E-state index in [1.54, 1.807) is 0 Å². The van der Waals surface area contributed by atoms with Crippen molar-refractivity contribution in [2.24, 2.45) is 0 Å².